The maximum absolute atomic E-state index is 12.1. The Morgan fingerprint density at radius 2 is 2.00 bits per heavy atom. The first-order valence-electron chi connectivity index (χ1n) is 6.56. The van der Waals surface area contributed by atoms with E-state index in [0.717, 1.165) is 23.2 Å². The Bertz CT molecular complexity index is 534. The highest BCUT2D eigenvalue weighted by molar-refractivity contribution is 6.03. The van der Waals surface area contributed by atoms with Crippen molar-refractivity contribution in [1.29, 1.82) is 0 Å². The number of carbonyl (C=O) groups excluding carboxylic acids is 1. The van der Waals surface area contributed by atoms with Gasteiger partial charge in [-0.25, -0.2) is 0 Å². The lowest BCUT2D eigenvalue weighted by molar-refractivity contribution is -0.117. The molecule has 0 bridgehead atoms. The van der Waals surface area contributed by atoms with Crippen molar-refractivity contribution in [2.24, 2.45) is 5.41 Å². The molecule has 1 aliphatic heterocycles. The lowest BCUT2D eigenvalue weighted by atomic mass is 10.0. The van der Waals surface area contributed by atoms with Crippen LogP contribution in [0.25, 0.3) is 0 Å². The minimum atomic E-state index is -0.176. The summed E-state index contributed by atoms with van der Waals surface area (Å²) in [6.07, 6.45) is 1.15. The first-order chi connectivity index (χ1) is 8.38. The summed E-state index contributed by atoms with van der Waals surface area (Å²) in [6.45, 7) is 8.60. The summed E-state index contributed by atoms with van der Waals surface area (Å²) >= 11 is 0. The monoisotopic (exact) mass is 244 g/mol. The van der Waals surface area contributed by atoms with Crippen molar-refractivity contribution in [3.8, 4) is 0 Å². The molecule has 1 heterocycles. The first-order valence-corrected chi connectivity index (χ1v) is 6.56. The summed E-state index contributed by atoms with van der Waals surface area (Å²) in [5.41, 5.74) is 4.81. The van der Waals surface area contributed by atoms with Crippen LogP contribution in [0.15, 0.2) is 12.1 Å². The molecular weight excluding hydrogens is 224 g/mol. The van der Waals surface area contributed by atoms with E-state index in [1.807, 2.05) is 0 Å². The maximum atomic E-state index is 12.1. The minimum Gasteiger partial charge on any atom is -0.324 e. The minimum absolute atomic E-state index is 0.0846. The second-order valence-electron chi connectivity index (χ2n) is 6.38. The standard InChI is InChI=1S/C15H20N2O/c1-8-5-9(2)12-10(6-8)13(14(18)17-12)16-11-7-15(11,3)4/h5-6,11,13,16H,7H2,1-4H3,(H,17,18). The van der Waals surface area contributed by atoms with Crippen molar-refractivity contribution in [3.63, 3.8) is 0 Å². The van der Waals surface area contributed by atoms with E-state index in [2.05, 4.69) is 50.5 Å². The van der Waals surface area contributed by atoms with E-state index in [4.69, 9.17) is 0 Å². The second-order valence-corrected chi connectivity index (χ2v) is 6.38. The van der Waals surface area contributed by atoms with E-state index in [1.165, 1.54) is 5.56 Å². The molecule has 1 aromatic rings. The Labute approximate surface area is 108 Å². The molecule has 1 fully saturated rings. The van der Waals surface area contributed by atoms with Crippen LogP contribution in [0, 0.1) is 19.3 Å². The molecule has 3 nitrogen and oxygen atoms in total. The summed E-state index contributed by atoms with van der Waals surface area (Å²) in [6, 6.07) is 4.51. The van der Waals surface area contributed by atoms with Gasteiger partial charge in [-0.05, 0) is 31.2 Å². The zero-order valence-electron chi connectivity index (χ0n) is 11.4. The van der Waals surface area contributed by atoms with Gasteiger partial charge in [0.2, 0.25) is 5.91 Å². The Balaban J connectivity index is 1.92. The maximum Gasteiger partial charge on any atom is 0.246 e. The number of hydrogen-bond acceptors (Lipinski definition) is 2. The molecule has 1 aliphatic carbocycles. The molecule has 0 radical (unpaired) electrons. The molecule has 1 aromatic carbocycles. The van der Waals surface area contributed by atoms with Crippen molar-refractivity contribution < 1.29 is 4.79 Å². The van der Waals surface area contributed by atoms with Crippen molar-refractivity contribution in [2.75, 3.05) is 5.32 Å². The van der Waals surface area contributed by atoms with Gasteiger partial charge in [0.1, 0.15) is 6.04 Å². The Kier molecular flexibility index (Phi) is 2.33. The molecule has 1 saturated carbocycles. The summed E-state index contributed by atoms with van der Waals surface area (Å²) < 4.78 is 0. The van der Waals surface area contributed by atoms with Crippen molar-refractivity contribution in [2.45, 2.75) is 46.2 Å². The number of aryl methyl sites for hydroxylation is 2. The van der Waals surface area contributed by atoms with Gasteiger partial charge < -0.3 is 5.32 Å². The zero-order valence-corrected chi connectivity index (χ0v) is 11.4. The second kappa shape index (κ2) is 3.58. The summed E-state index contributed by atoms with van der Waals surface area (Å²) in [4.78, 5) is 12.1. The molecule has 1 amide bonds. The fraction of sp³-hybridized carbons (Fsp3) is 0.533. The lowest BCUT2D eigenvalue weighted by Crippen LogP contribution is -2.31. The Morgan fingerprint density at radius 1 is 1.33 bits per heavy atom. The number of anilines is 1. The molecule has 2 atom stereocenters. The van der Waals surface area contributed by atoms with Crippen molar-refractivity contribution in [3.05, 3.63) is 28.8 Å². The van der Waals surface area contributed by atoms with Crippen molar-refractivity contribution in [1.82, 2.24) is 5.32 Å². The third kappa shape index (κ3) is 1.74. The van der Waals surface area contributed by atoms with Crippen molar-refractivity contribution >= 4 is 11.6 Å². The quantitative estimate of drug-likeness (QED) is 0.839. The number of hydrogen-bond donors (Lipinski definition) is 2. The molecular formula is C15H20N2O. The lowest BCUT2D eigenvalue weighted by Gasteiger charge is -2.13. The van der Waals surface area contributed by atoms with Crippen LogP contribution in [0.2, 0.25) is 0 Å². The normalized spacial score (nSPS) is 27.9. The Morgan fingerprint density at radius 3 is 2.61 bits per heavy atom. The highest BCUT2D eigenvalue weighted by Crippen LogP contribution is 2.47. The van der Waals surface area contributed by atoms with Gasteiger partial charge in [-0.3, -0.25) is 10.1 Å². The average Bonchev–Trinajstić information content (AvgIpc) is 2.73. The number of nitrogens with one attached hydrogen (secondary N) is 2. The highest BCUT2D eigenvalue weighted by atomic mass is 16.2. The molecule has 0 saturated heterocycles. The summed E-state index contributed by atoms with van der Waals surface area (Å²) in [5.74, 6) is 0.0846. The van der Waals surface area contributed by atoms with Gasteiger partial charge in [0, 0.05) is 17.3 Å². The molecule has 3 heteroatoms. The van der Waals surface area contributed by atoms with Crippen LogP contribution in [0.4, 0.5) is 5.69 Å². The van der Waals surface area contributed by atoms with Gasteiger partial charge in [-0.15, -0.1) is 0 Å². The number of fused-ring (bicyclic) bond motifs is 1. The van der Waals surface area contributed by atoms with E-state index in [-0.39, 0.29) is 11.9 Å². The van der Waals surface area contributed by atoms with Gasteiger partial charge in [0.15, 0.2) is 0 Å². The topological polar surface area (TPSA) is 41.1 Å². The molecule has 18 heavy (non-hydrogen) atoms. The number of amides is 1. The van der Waals surface area contributed by atoms with Crippen LogP contribution >= 0.6 is 0 Å². The summed E-state index contributed by atoms with van der Waals surface area (Å²) in [5, 5.41) is 6.49. The third-order valence-electron chi connectivity index (χ3n) is 4.21. The SMILES string of the molecule is Cc1cc(C)c2c(c1)C(NC1CC1(C)C)C(=O)N2. The van der Waals surface area contributed by atoms with Gasteiger partial charge >= 0.3 is 0 Å². The van der Waals surface area contributed by atoms with Crippen LogP contribution in [-0.2, 0) is 4.79 Å². The summed E-state index contributed by atoms with van der Waals surface area (Å²) in [7, 11) is 0. The van der Waals surface area contributed by atoms with E-state index in [1.54, 1.807) is 0 Å². The predicted molar refractivity (Wildman–Crippen MR) is 72.6 cm³/mol. The average molecular weight is 244 g/mol. The van der Waals surface area contributed by atoms with Crippen LogP contribution in [0.5, 0.6) is 0 Å². The highest BCUT2D eigenvalue weighted by Gasteiger charge is 2.48. The third-order valence-corrected chi connectivity index (χ3v) is 4.21. The van der Waals surface area contributed by atoms with E-state index >= 15 is 0 Å². The van der Waals surface area contributed by atoms with E-state index in [0.29, 0.717) is 11.5 Å². The molecule has 2 N–H and O–H groups in total. The fourth-order valence-electron chi connectivity index (χ4n) is 2.85. The van der Waals surface area contributed by atoms with Gasteiger partial charge in [0.05, 0.1) is 0 Å². The van der Waals surface area contributed by atoms with Gasteiger partial charge in [-0.1, -0.05) is 31.5 Å². The molecule has 2 aliphatic rings. The first kappa shape index (κ1) is 11.7. The molecule has 3 rings (SSSR count). The van der Waals surface area contributed by atoms with Crippen LogP contribution in [0.3, 0.4) is 0 Å². The van der Waals surface area contributed by atoms with E-state index < -0.39 is 0 Å². The van der Waals surface area contributed by atoms with E-state index in [9.17, 15) is 4.79 Å². The molecule has 96 valence electrons. The number of carbonyl (C=O) groups is 1. The molecule has 2 unspecified atom stereocenters. The fourth-order valence-corrected chi connectivity index (χ4v) is 2.85. The zero-order chi connectivity index (χ0) is 13.1. The Hall–Kier alpha value is -1.35. The molecule has 0 spiro atoms. The van der Waals surface area contributed by atoms with Crippen LogP contribution < -0.4 is 10.6 Å². The predicted octanol–water partition coefficient (Wildman–Crippen LogP) is 2.68. The van der Waals surface area contributed by atoms with Gasteiger partial charge in [0.25, 0.3) is 0 Å². The largest absolute Gasteiger partial charge is 0.324 e. The van der Waals surface area contributed by atoms with Gasteiger partial charge in [-0.2, -0.15) is 0 Å². The van der Waals surface area contributed by atoms with Crippen LogP contribution in [-0.4, -0.2) is 11.9 Å². The number of rotatable bonds is 2. The smallest absolute Gasteiger partial charge is 0.246 e. The number of benzene rings is 1. The molecule has 0 aromatic heterocycles. The van der Waals surface area contributed by atoms with Crippen LogP contribution in [0.1, 0.15) is 43.0 Å².